The summed E-state index contributed by atoms with van der Waals surface area (Å²) in [5.74, 6) is 1.08. The van der Waals surface area contributed by atoms with Crippen molar-refractivity contribution in [2.24, 2.45) is 0 Å². The summed E-state index contributed by atoms with van der Waals surface area (Å²) in [6, 6.07) is 13.7. The number of methoxy groups -OCH3 is 1. The Kier molecular flexibility index (Phi) is 3.55. The Morgan fingerprint density at radius 2 is 1.96 bits per heavy atom. The van der Waals surface area contributed by atoms with Gasteiger partial charge in [0.2, 0.25) is 11.8 Å². The summed E-state index contributed by atoms with van der Waals surface area (Å²) in [5.41, 5.74) is 3.78. The molecule has 0 saturated carbocycles. The smallest absolute Gasteiger partial charge is 0.227 e. The number of H-pyrrole nitrogens is 1. The Morgan fingerprint density at radius 3 is 2.79 bits per heavy atom. The van der Waals surface area contributed by atoms with E-state index in [1.54, 1.807) is 25.6 Å². The Balaban J connectivity index is 1.66. The van der Waals surface area contributed by atoms with Crippen molar-refractivity contribution < 1.29 is 4.74 Å². The molecule has 0 saturated heterocycles. The van der Waals surface area contributed by atoms with Crippen LogP contribution < -0.4 is 10.1 Å². The van der Waals surface area contributed by atoms with Crippen LogP contribution in [0.3, 0.4) is 0 Å². The van der Waals surface area contributed by atoms with Crippen molar-refractivity contribution in [3.05, 3.63) is 61.1 Å². The van der Waals surface area contributed by atoms with Gasteiger partial charge in [0.1, 0.15) is 0 Å². The lowest BCUT2D eigenvalue weighted by Gasteiger charge is -2.06. The van der Waals surface area contributed by atoms with Gasteiger partial charge in [-0.2, -0.15) is 0 Å². The highest BCUT2D eigenvalue weighted by Crippen LogP contribution is 2.27. The summed E-state index contributed by atoms with van der Waals surface area (Å²) >= 11 is 0. The van der Waals surface area contributed by atoms with Gasteiger partial charge in [0.25, 0.3) is 0 Å². The summed E-state index contributed by atoms with van der Waals surface area (Å²) in [6.45, 7) is 0. The zero-order chi connectivity index (χ0) is 16.4. The van der Waals surface area contributed by atoms with Crippen LogP contribution in [0.25, 0.3) is 22.2 Å². The molecule has 2 N–H and O–H groups in total. The van der Waals surface area contributed by atoms with Gasteiger partial charge >= 0.3 is 0 Å². The Morgan fingerprint density at radius 1 is 1.04 bits per heavy atom. The molecule has 118 valence electrons. The number of nitrogens with zero attached hydrogens (tertiary/aromatic N) is 3. The molecule has 0 aliphatic heterocycles. The summed E-state index contributed by atoms with van der Waals surface area (Å²) in [6.07, 6.45) is 5.38. The van der Waals surface area contributed by atoms with Gasteiger partial charge in [0, 0.05) is 34.9 Å². The monoisotopic (exact) mass is 317 g/mol. The van der Waals surface area contributed by atoms with Crippen LogP contribution in [0.4, 0.5) is 11.6 Å². The van der Waals surface area contributed by atoms with Crippen molar-refractivity contribution in [1.29, 1.82) is 0 Å². The molecule has 0 aliphatic carbocycles. The van der Waals surface area contributed by atoms with E-state index in [-0.39, 0.29) is 0 Å². The second-order valence-corrected chi connectivity index (χ2v) is 5.23. The van der Waals surface area contributed by atoms with Crippen LogP contribution in [-0.2, 0) is 0 Å². The van der Waals surface area contributed by atoms with Crippen LogP contribution in [0.5, 0.6) is 5.88 Å². The zero-order valence-electron chi connectivity index (χ0n) is 13.0. The SMILES string of the molecule is COc1ccc(Nc2nccc(-c3c[nH]c4ccccc34)n2)cn1. The summed E-state index contributed by atoms with van der Waals surface area (Å²) in [4.78, 5) is 16.3. The van der Waals surface area contributed by atoms with Crippen LogP contribution in [0.2, 0.25) is 0 Å². The molecule has 0 amide bonds. The van der Waals surface area contributed by atoms with E-state index >= 15 is 0 Å². The number of rotatable bonds is 4. The fourth-order valence-electron chi connectivity index (χ4n) is 2.56. The van der Waals surface area contributed by atoms with Crippen LogP contribution >= 0.6 is 0 Å². The maximum Gasteiger partial charge on any atom is 0.227 e. The van der Waals surface area contributed by atoms with E-state index in [9.17, 15) is 0 Å². The van der Waals surface area contributed by atoms with Crippen LogP contribution in [-0.4, -0.2) is 27.0 Å². The molecule has 0 spiro atoms. The highest BCUT2D eigenvalue weighted by molar-refractivity contribution is 5.94. The zero-order valence-corrected chi connectivity index (χ0v) is 13.0. The second-order valence-electron chi connectivity index (χ2n) is 5.23. The van der Waals surface area contributed by atoms with E-state index in [0.29, 0.717) is 11.8 Å². The minimum absolute atomic E-state index is 0.518. The van der Waals surface area contributed by atoms with Crippen molar-refractivity contribution in [1.82, 2.24) is 19.9 Å². The normalized spacial score (nSPS) is 10.7. The summed E-state index contributed by atoms with van der Waals surface area (Å²) in [5, 5.41) is 4.29. The molecule has 0 unspecified atom stereocenters. The fraction of sp³-hybridized carbons (Fsp3) is 0.0556. The Hall–Kier alpha value is -3.41. The number of anilines is 2. The number of pyridine rings is 1. The molecule has 24 heavy (non-hydrogen) atoms. The number of aromatic amines is 1. The minimum Gasteiger partial charge on any atom is -0.481 e. The molecular weight excluding hydrogens is 302 g/mol. The minimum atomic E-state index is 0.518. The van der Waals surface area contributed by atoms with Gasteiger partial charge in [-0.15, -0.1) is 0 Å². The first-order valence-corrected chi connectivity index (χ1v) is 7.50. The Labute approximate surface area is 138 Å². The number of fused-ring (bicyclic) bond motifs is 1. The number of nitrogens with one attached hydrogen (secondary N) is 2. The number of ether oxygens (including phenoxy) is 1. The third-order valence-corrected chi connectivity index (χ3v) is 3.72. The lowest BCUT2D eigenvalue weighted by molar-refractivity contribution is 0.398. The van der Waals surface area contributed by atoms with Gasteiger partial charge in [0.15, 0.2) is 0 Å². The number of para-hydroxylation sites is 1. The molecule has 1 aromatic carbocycles. The molecule has 3 heterocycles. The van der Waals surface area contributed by atoms with Gasteiger partial charge in [-0.1, -0.05) is 18.2 Å². The number of hydrogen-bond donors (Lipinski definition) is 2. The van der Waals surface area contributed by atoms with E-state index in [1.165, 1.54) is 0 Å². The van der Waals surface area contributed by atoms with E-state index in [2.05, 4.69) is 31.3 Å². The molecule has 0 radical (unpaired) electrons. The molecule has 0 aliphatic rings. The van der Waals surface area contributed by atoms with Gasteiger partial charge < -0.3 is 15.0 Å². The maximum atomic E-state index is 5.05. The molecule has 0 fully saturated rings. The summed E-state index contributed by atoms with van der Waals surface area (Å²) in [7, 11) is 1.59. The first-order chi connectivity index (χ1) is 11.8. The average molecular weight is 317 g/mol. The molecule has 0 atom stereocenters. The standard InChI is InChI=1S/C18H15N5O/c1-24-17-7-6-12(10-21-17)22-18-19-9-8-16(23-18)14-11-20-15-5-3-2-4-13(14)15/h2-11,20H,1H3,(H,19,22,23). The first-order valence-electron chi connectivity index (χ1n) is 7.50. The molecule has 6 heteroatoms. The molecular formula is C18H15N5O. The largest absolute Gasteiger partial charge is 0.481 e. The maximum absolute atomic E-state index is 5.05. The number of aromatic nitrogens is 4. The van der Waals surface area contributed by atoms with E-state index in [1.807, 2.05) is 36.5 Å². The van der Waals surface area contributed by atoms with E-state index in [0.717, 1.165) is 27.8 Å². The highest BCUT2D eigenvalue weighted by Gasteiger charge is 2.08. The lowest BCUT2D eigenvalue weighted by Crippen LogP contribution is -1.98. The molecule has 6 nitrogen and oxygen atoms in total. The highest BCUT2D eigenvalue weighted by atomic mass is 16.5. The molecule has 3 aromatic heterocycles. The lowest BCUT2D eigenvalue weighted by atomic mass is 10.1. The van der Waals surface area contributed by atoms with Crippen molar-refractivity contribution in [3.63, 3.8) is 0 Å². The molecule has 4 aromatic rings. The van der Waals surface area contributed by atoms with Crippen molar-refractivity contribution in [2.75, 3.05) is 12.4 Å². The predicted molar refractivity (Wildman–Crippen MR) is 93.4 cm³/mol. The third-order valence-electron chi connectivity index (χ3n) is 3.72. The quantitative estimate of drug-likeness (QED) is 0.599. The second kappa shape index (κ2) is 6.00. The van der Waals surface area contributed by atoms with Crippen LogP contribution in [0, 0.1) is 0 Å². The van der Waals surface area contributed by atoms with Gasteiger partial charge in [-0.25, -0.2) is 15.0 Å². The number of benzene rings is 1. The predicted octanol–water partition coefficient (Wildman–Crippen LogP) is 3.77. The molecule has 0 bridgehead atoms. The number of hydrogen-bond acceptors (Lipinski definition) is 5. The van der Waals surface area contributed by atoms with Gasteiger partial charge in [0.05, 0.1) is 24.7 Å². The average Bonchev–Trinajstić information content (AvgIpc) is 3.07. The van der Waals surface area contributed by atoms with Gasteiger partial charge in [-0.05, 0) is 18.2 Å². The van der Waals surface area contributed by atoms with E-state index in [4.69, 9.17) is 4.74 Å². The Bertz CT molecular complexity index is 978. The summed E-state index contributed by atoms with van der Waals surface area (Å²) < 4.78 is 5.05. The van der Waals surface area contributed by atoms with E-state index < -0.39 is 0 Å². The van der Waals surface area contributed by atoms with Gasteiger partial charge in [-0.3, -0.25) is 0 Å². The topological polar surface area (TPSA) is 75.7 Å². The molecule has 4 rings (SSSR count). The third kappa shape index (κ3) is 2.65. The van der Waals surface area contributed by atoms with Crippen molar-refractivity contribution >= 4 is 22.5 Å². The van der Waals surface area contributed by atoms with Crippen LogP contribution in [0.1, 0.15) is 0 Å². The first kappa shape index (κ1) is 14.2. The van der Waals surface area contributed by atoms with Crippen molar-refractivity contribution in [2.45, 2.75) is 0 Å². The fourth-order valence-corrected chi connectivity index (χ4v) is 2.56. The van der Waals surface area contributed by atoms with Crippen molar-refractivity contribution in [3.8, 4) is 17.1 Å². The van der Waals surface area contributed by atoms with Crippen LogP contribution in [0.15, 0.2) is 61.1 Å².